The van der Waals surface area contributed by atoms with E-state index in [1.165, 1.54) is 11.3 Å². The van der Waals surface area contributed by atoms with Crippen LogP contribution in [0.5, 0.6) is 5.75 Å². The van der Waals surface area contributed by atoms with Crippen LogP contribution in [0, 0.1) is 0 Å². The molecule has 25 heavy (non-hydrogen) atoms. The van der Waals surface area contributed by atoms with Crippen LogP contribution in [0.3, 0.4) is 0 Å². The fraction of sp³-hybridized carbons (Fsp3) is 0.667. The summed E-state index contributed by atoms with van der Waals surface area (Å²) in [4.78, 5) is 26.6. The van der Waals surface area contributed by atoms with Crippen LogP contribution in [-0.4, -0.2) is 46.9 Å². The lowest BCUT2D eigenvalue weighted by Crippen LogP contribution is -2.44. The highest BCUT2D eigenvalue weighted by Crippen LogP contribution is 2.46. The number of thiophene rings is 1. The molecular formula is C18H25NO5S. The lowest BCUT2D eigenvalue weighted by molar-refractivity contribution is 0.0126. The van der Waals surface area contributed by atoms with E-state index in [1.807, 2.05) is 26.8 Å². The van der Waals surface area contributed by atoms with E-state index in [1.54, 1.807) is 4.90 Å². The van der Waals surface area contributed by atoms with Crippen molar-refractivity contribution in [1.82, 2.24) is 4.90 Å². The molecular weight excluding hydrogens is 342 g/mol. The maximum Gasteiger partial charge on any atom is 0.410 e. The van der Waals surface area contributed by atoms with Gasteiger partial charge in [0.1, 0.15) is 17.5 Å². The Kier molecular flexibility index (Phi) is 4.95. The van der Waals surface area contributed by atoms with Crippen LogP contribution in [0.1, 0.15) is 66.9 Å². The molecule has 1 aromatic heterocycles. The van der Waals surface area contributed by atoms with Crippen LogP contribution >= 0.6 is 11.3 Å². The van der Waals surface area contributed by atoms with Crippen LogP contribution < -0.4 is 4.74 Å². The number of ether oxygens (including phenoxy) is 2. The fourth-order valence-corrected chi connectivity index (χ4v) is 3.96. The topological polar surface area (TPSA) is 76.1 Å². The number of nitrogens with zero attached hydrogens (tertiary/aromatic N) is 1. The number of hydrogen-bond donors (Lipinski definition) is 1. The molecule has 2 fully saturated rings. The van der Waals surface area contributed by atoms with Gasteiger partial charge in [-0.25, -0.2) is 9.59 Å². The van der Waals surface area contributed by atoms with Gasteiger partial charge in [-0.05, 0) is 45.6 Å². The first kappa shape index (κ1) is 18.0. The molecule has 1 saturated carbocycles. The first-order valence-electron chi connectivity index (χ1n) is 8.74. The SMILES string of the molecule is CC(C)(C)OC(=O)N1CCC(Oc2cc(C3CC3)sc2C(=O)O)CC1. The highest BCUT2D eigenvalue weighted by molar-refractivity contribution is 7.14. The zero-order chi connectivity index (χ0) is 18.2. The number of carbonyl (C=O) groups is 2. The molecule has 0 radical (unpaired) electrons. The van der Waals surface area contributed by atoms with E-state index in [9.17, 15) is 14.7 Å². The molecule has 6 nitrogen and oxygen atoms in total. The fourth-order valence-electron chi connectivity index (χ4n) is 2.86. The van der Waals surface area contributed by atoms with Crippen molar-refractivity contribution < 1.29 is 24.2 Å². The van der Waals surface area contributed by atoms with E-state index in [2.05, 4.69) is 0 Å². The molecule has 1 saturated heterocycles. The quantitative estimate of drug-likeness (QED) is 0.867. The lowest BCUT2D eigenvalue weighted by atomic mass is 10.1. The van der Waals surface area contributed by atoms with Gasteiger partial charge in [0.25, 0.3) is 0 Å². The van der Waals surface area contributed by atoms with Crippen LogP contribution in [0.15, 0.2) is 6.07 Å². The Morgan fingerprint density at radius 3 is 2.36 bits per heavy atom. The van der Waals surface area contributed by atoms with Crippen molar-refractivity contribution in [1.29, 1.82) is 0 Å². The summed E-state index contributed by atoms with van der Waals surface area (Å²) in [5.74, 6) is 0.0580. The van der Waals surface area contributed by atoms with Crippen molar-refractivity contribution >= 4 is 23.4 Å². The zero-order valence-corrected chi connectivity index (χ0v) is 15.7. The normalized spacial score (nSPS) is 18.9. The maximum absolute atomic E-state index is 12.1. The van der Waals surface area contributed by atoms with Crippen molar-refractivity contribution in [3.63, 3.8) is 0 Å². The van der Waals surface area contributed by atoms with Gasteiger partial charge in [0.15, 0.2) is 4.88 Å². The maximum atomic E-state index is 12.1. The Labute approximate surface area is 151 Å². The van der Waals surface area contributed by atoms with Crippen LogP contribution in [0.2, 0.25) is 0 Å². The molecule has 138 valence electrons. The Hall–Kier alpha value is -1.76. The van der Waals surface area contributed by atoms with E-state index in [0.29, 0.717) is 37.6 Å². The number of carboxylic acid groups (broad SMARTS) is 1. The van der Waals surface area contributed by atoms with Gasteiger partial charge in [-0.1, -0.05) is 0 Å². The van der Waals surface area contributed by atoms with Gasteiger partial charge in [-0.2, -0.15) is 0 Å². The molecule has 0 bridgehead atoms. The number of carboxylic acids is 1. The number of carbonyl (C=O) groups excluding carboxylic acids is 1. The molecule has 1 aliphatic carbocycles. The van der Waals surface area contributed by atoms with Crippen molar-refractivity contribution in [2.75, 3.05) is 13.1 Å². The Morgan fingerprint density at radius 2 is 1.84 bits per heavy atom. The van der Waals surface area contributed by atoms with Crippen molar-refractivity contribution in [3.05, 3.63) is 15.8 Å². The molecule has 0 aromatic carbocycles. The Balaban J connectivity index is 1.57. The number of hydrogen-bond acceptors (Lipinski definition) is 5. The van der Waals surface area contributed by atoms with Crippen LogP contribution in [-0.2, 0) is 4.74 Å². The lowest BCUT2D eigenvalue weighted by Gasteiger charge is -2.33. The third kappa shape index (κ3) is 4.66. The summed E-state index contributed by atoms with van der Waals surface area (Å²) in [6, 6.07) is 1.89. The largest absolute Gasteiger partial charge is 0.488 e. The van der Waals surface area contributed by atoms with Gasteiger partial charge in [0.2, 0.25) is 0 Å². The summed E-state index contributed by atoms with van der Waals surface area (Å²) < 4.78 is 11.4. The molecule has 0 spiro atoms. The van der Waals surface area contributed by atoms with Gasteiger partial charge < -0.3 is 19.5 Å². The van der Waals surface area contributed by atoms with Crippen molar-refractivity contribution in [2.24, 2.45) is 0 Å². The molecule has 1 aliphatic heterocycles. The standard InChI is InChI=1S/C18H25NO5S/c1-18(2,3)24-17(22)19-8-6-12(7-9-19)23-13-10-14(11-4-5-11)25-15(13)16(20)21/h10-12H,4-9H2,1-3H3,(H,20,21). The second-order valence-corrected chi connectivity index (χ2v) is 8.79. The molecule has 1 N–H and O–H groups in total. The van der Waals surface area contributed by atoms with E-state index in [-0.39, 0.29) is 17.1 Å². The molecule has 0 unspecified atom stereocenters. The third-order valence-electron chi connectivity index (χ3n) is 4.28. The van der Waals surface area contributed by atoms with E-state index < -0.39 is 11.6 Å². The van der Waals surface area contributed by atoms with Gasteiger partial charge >= 0.3 is 12.1 Å². The second kappa shape index (κ2) is 6.86. The van der Waals surface area contributed by atoms with Crippen molar-refractivity contribution in [2.45, 2.75) is 64.1 Å². The minimum atomic E-state index is -0.932. The number of amides is 1. The first-order valence-corrected chi connectivity index (χ1v) is 9.56. The zero-order valence-electron chi connectivity index (χ0n) is 14.9. The number of piperidine rings is 1. The molecule has 3 rings (SSSR count). The smallest absolute Gasteiger partial charge is 0.410 e. The van der Waals surface area contributed by atoms with Gasteiger partial charge in [-0.3, -0.25) is 0 Å². The minimum Gasteiger partial charge on any atom is -0.488 e. The Bertz CT molecular complexity index is 651. The predicted molar refractivity (Wildman–Crippen MR) is 94.7 cm³/mol. The van der Waals surface area contributed by atoms with Crippen LogP contribution in [0.25, 0.3) is 0 Å². The van der Waals surface area contributed by atoms with E-state index in [4.69, 9.17) is 9.47 Å². The van der Waals surface area contributed by atoms with E-state index >= 15 is 0 Å². The molecule has 0 atom stereocenters. The average molecular weight is 367 g/mol. The summed E-state index contributed by atoms with van der Waals surface area (Å²) >= 11 is 1.33. The van der Waals surface area contributed by atoms with Gasteiger partial charge in [0, 0.05) is 30.8 Å². The molecule has 2 heterocycles. The number of aromatic carboxylic acids is 1. The summed E-state index contributed by atoms with van der Waals surface area (Å²) in [7, 11) is 0. The second-order valence-electron chi connectivity index (χ2n) is 7.71. The first-order chi connectivity index (χ1) is 11.7. The monoisotopic (exact) mass is 367 g/mol. The highest BCUT2D eigenvalue weighted by atomic mass is 32.1. The van der Waals surface area contributed by atoms with Crippen LogP contribution in [0.4, 0.5) is 4.79 Å². The Morgan fingerprint density at radius 1 is 1.20 bits per heavy atom. The minimum absolute atomic E-state index is 0.0709. The molecule has 7 heteroatoms. The van der Waals surface area contributed by atoms with Crippen molar-refractivity contribution in [3.8, 4) is 5.75 Å². The number of likely N-dealkylation sites (tertiary alicyclic amines) is 1. The van der Waals surface area contributed by atoms with Gasteiger partial charge in [-0.15, -0.1) is 11.3 Å². The molecule has 1 aromatic rings. The number of rotatable bonds is 4. The van der Waals surface area contributed by atoms with E-state index in [0.717, 1.165) is 17.7 Å². The average Bonchev–Trinajstić information content (AvgIpc) is 3.27. The summed E-state index contributed by atoms with van der Waals surface area (Å²) in [6.07, 6.45) is 3.24. The molecule has 1 amide bonds. The summed E-state index contributed by atoms with van der Waals surface area (Å²) in [5, 5.41) is 9.39. The summed E-state index contributed by atoms with van der Waals surface area (Å²) in [6.45, 7) is 6.66. The molecule has 2 aliphatic rings. The van der Waals surface area contributed by atoms with Gasteiger partial charge in [0.05, 0.1) is 0 Å². The summed E-state index contributed by atoms with van der Waals surface area (Å²) in [5.41, 5.74) is -0.503. The highest BCUT2D eigenvalue weighted by Gasteiger charge is 2.31. The predicted octanol–water partition coefficient (Wildman–Crippen LogP) is 4.10. The third-order valence-corrected chi connectivity index (χ3v) is 5.55.